The number of carbonyl (C=O) groups excluding carboxylic acids is 1. The normalized spacial score (nSPS) is 14.8. The number of amides is 1. The van der Waals surface area contributed by atoms with Gasteiger partial charge >= 0.3 is 6.18 Å². The lowest BCUT2D eigenvalue weighted by atomic mass is 9.91. The van der Waals surface area contributed by atoms with Crippen molar-refractivity contribution in [2.45, 2.75) is 44.7 Å². The van der Waals surface area contributed by atoms with Crippen LogP contribution < -0.4 is 11.1 Å². The van der Waals surface area contributed by atoms with E-state index in [0.29, 0.717) is 35.7 Å². The van der Waals surface area contributed by atoms with Crippen LogP contribution in [0.1, 0.15) is 52.2 Å². The van der Waals surface area contributed by atoms with Crippen LogP contribution in [0.25, 0.3) is 10.2 Å². The number of nitrogens with two attached hydrogens (primary N) is 1. The molecule has 1 amide bonds. The maximum Gasteiger partial charge on any atom is 0.417 e. The average molecular weight is 454 g/mol. The van der Waals surface area contributed by atoms with Crippen LogP contribution in [0.4, 0.5) is 24.5 Å². The summed E-state index contributed by atoms with van der Waals surface area (Å²) in [5.41, 5.74) is 6.22. The van der Waals surface area contributed by atoms with Gasteiger partial charge in [0, 0.05) is 11.1 Å². The van der Waals surface area contributed by atoms with E-state index in [9.17, 15) is 18.0 Å². The number of alkyl halides is 3. The molecule has 0 atom stereocenters. The van der Waals surface area contributed by atoms with Crippen molar-refractivity contribution < 1.29 is 18.0 Å². The monoisotopic (exact) mass is 453 g/mol. The largest absolute Gasteiger partial charge is 0.417 e. The second kappa shape index (κ2) is 8.07. The first-order valence-corrected chi connectivity index (χ1v) is 10.8. The Morgan fingerprint density at radius 2 is 1.83 bits per heavy atom. The second-order valence-corrected chi connectivity index (χ2v) is 8.69. The van der Waals surface area contributed by atoms with E-state index in [0.717, 1.165) is 30.6 Å². The highest BCUT2D eigenvalue weighted by Gasteiger charge is 2.39. The van der Waals surface area contributed by atoms with Crippen LogP contribution in [0, 0.1) is 0 Å². The number of nitrogen functional groups attached to an aromatic ring is 1. The van der Waals surface area contributed by atoms with Crippen molar-refractivity contribution in [3.8, 4) is 0 Å². The van der Waals surface area contributed by atoms with Crippen molar-refractivity contribution >= 4 is 50.4 Å². The molecule has 4 nitrogen and oxygen atoms in total. The molecule has 158 valence electrons. The average Bonchev–Trinajstić information content (AvgIpc) is 2.98. The number of hydrogen-bond acceptors (Lipinski definition) is 4. The minimum absolute atomic E-state index is 0.000826. The molecule has 1 aromatic carbocycles. The highest BCUT2D eigenvalue weighted by molar-refractivity contribution is 7.21. The lowest BCUT2D eigenvalue weighted by Gasteiger charge is -2.20. The number of nitrogens with zero attached hydrogens (tertiary/aromatic N) is 1. The van der Waals surface area contributed by atoms with Gasteiger partial charge in [-0.05, 0) is 43.4 Å². The number of aromatic nitrogens is 1. The Labute approximate surface area is 180 Å². The topological polar surface area (TPSA) is 68.0 Å². The fraction of sp³-hybridized carbons (Fsp3) is 0.333. The Hall–Kier alpha value is -2.32. The number of rotatable bonds is 2. The van der Waals surface area contributed by atoms with Crippen LogP contribution >= 0.6 is 22.9 Å². The number of hydrogen-bond donors (Lipinski definition) is 2. The number of aryl methyl sites for hydroxylation is 1. The van der Waals surface area contributed by atoms with Crippen LogP contribution in [-0.2, 0) is 19.0 Å². The molecule has 2 heterocycles. The van der Waals surface area contributed by atoms with Gasteiger partial charge in [0.15, 0.2) is 0 Å². The summed E-state index contributed by atoms with van der Waals surface area (Å²) < 4.78 is 42.4. The molecule has 1 aliphatic carbocycles. The summed E-state index contributed by atoms with van der Waals surface area (Å²) >= 11 is 6.95. The Kier molecular flexibility index (Phi) is 5.63. The predicted octanol–water partition coefficient (Wildman–Crippen LogP) is 6.46. The summed E-state index contributed by atoms with van der Waals surface area (Å²) in [6.45, 7) is 0. The van der Waals surface area contributed by atoms with E-state index in [2.05, 4.69) is 10.3 Å². The second-order valence-electron chi connectivity index (χ2n) is 7.28. The zero-order valence-electron chi connectivity index (χ0n) is 15.9. The summed E-state index contributed by atoms with van der Waals surface area (Å²) in [7, 11) is 0. The Bertz CT molecular complexity index is 1130. The van der Waals surface area contributed by atoms with Crippen molar-refractivity contribution in [1.29, 1.82) is 0 Å². The van der Waals surface area contributed by atoms with Crippen molar-refractivity contribution in [3.05, 3.63) is 51.0 Å². The highest BCUT2D eigenvalue weighted by atomic mass is 35.5. The molecule has 0 radical (unpaired) electrons. The third-order valence-corrected chi connectivity index (χ3v) is 6.69. The molecule has 0 bridgehead atoms. The maximum atomic E-state index is 14.1. The lowest BCUT2D eigenvalue weighted by molar-refractivity contribution is -0.137. The van der Waals surface area contributed by atoms with E-state index >= 15 is 0 Å². The van der Waals surface area contributed by atoms with E-state index in [1.165, 1.54) is 0 Å². The molecule has 0 saturated carbocycles. The molecular weight excluding hydrogens is 435 g/mol. The van der Waals surface area contributed by atoms with E-state index in [4.69, 9.17) is 17.3 Å². The first kappa shape index (κ1) is 20.9. The summed E-state index contributed by atoms with van der Waals surface area (Å²) in [4.78, 5) is 17.5. The molecule has 0 spiro atoms. The number of halogens is 4. The van der Waals surface area contributed by atoms with Crippen molar-refractivity contribution in [2.75, 3.05) is 11.1 Å². The summed E-state index contributed by atoms with van der Waals surface area (Å²) in [5, 5.41) is 2.78. The van der Waals surface area contributed by atoms with Gasteiger partial charge in [-0.3, -0.25) is 4.79 Å². The smallest absolute Gasteiger partial charge is 0.397 e. The van der Waals surface area contributed by atoms with Gasteiger partial charge in [0.2, 0.25) is 0 Å². The number of benzene rings is 1. The van der Waals surface area contributed by atoms with Crippen molar-refractivity contribution in [2.24, 2.45) is 0 Å². The van der Waals surface area contributed by atoms with Gasteiger partial charge in [-0.1, -0.05) is 36.6 Å². The van der Waals surface area contributed by atoms with Gasteiger partial charge in [0.25, 0.3) is 5.91 Å². The van der Waals surface area contributed by atoms with Crippen LogP contribution in [-0.4, -0.2) is 10.9 Å². The van der Waals surface area contributed by atoms with Gasteiger partial charge in [0.1, 0.15) is 9.71 Å². The Morgan fingerprint density at radius 1 is 1.13 bits per heavy atom. The standard InChI is InChI=1S/C21H19ClF3N3OS/c22-12-8-5-6-10-14(12)27-19(29)18-17(26)15-16(21(23,24)25)11-7-3-1-2-4-9-13(11)28-20(15)30-18/h5-6,8,10H,1-4,7,9,26H2,(H,27,29). The zero-order chi connectivity index (χ0) is 21.5. The summed E-state index contributed by atoms with van der Waals surface area (Å²) in [6.07, 6.45) is -0.457. The van der Waals surface area contributed by atoms with E-state index < -0.39 is 17.6 Å². The molecule has 0 unspecified atom stereocenters. The number of thiophene rings is 1. The molecule has 2 aromatic heterocycles. The molecule has 4 rings (SSSR count). The molecule has 0 fully saturated rings. The van der Waals surface area contributed by atoms with Gasteiger partial charge < -0.3 is 11.1 Å². The summed E-state index contributed by atoms with van der Waals surface area (Å²) in [5.74, 6) is -0.607. The maximum absolute atomic E-state index is 14.1. The SMILES string of the molecule is Nc1c(C(=O)Nc2ccccc2Cl)sc2nc3c(c(C(F)(F)F)c12)CCCCCC3. The fourth-order valence-electron chi connectivity index (χ4n) is 3.88. The minimum atomic E-state index is -4.59. The van der Waals surface area contributed by atoms with Gasteiger partial charge in [-0.25, -0.2) is 4.98 Å². The van der Waals surface area contributed by atoms with Crippen LogP contribution in [0.15, 0.2) is 24.3 Å². The Morgan fingerprint density at radius 3 is 2.53 bits per heavy atom. The first-order valence-electron chi connectivity index (χ1n) is 9.64. The number of nitrogens with one attached hydrogen (secondary N) is 1. The molecule has 9 heteroatoms. The molecule has 3 N–H and O–H groups in total. The predicted molar refractivity (Wildman–Crippen MR) is 114 cm³/mol. The third-order valence-electron chi connectivity index (χ3n) is 5.27. The molecule has 30 heavy (non-hydrogen) atoms. The minimum Gasteiger partial charge on any atom is -0.397 e. The molecule has 3 aromatic rings. The fourth-order valence-corrected chi connectivity index (χ4v) is 5.09. The highest BCUT2D eigenvalue weighted by Crippen LogP contribution is 2.45. The number of pyridine rings is 1. The first-order chi connectivity index (χ1) is 14.3. The lowest BCUT2D eigenvalue weighted by Crippen LogP contribution is -2.16. The van der Waals surface area contributed by atoms with E-state index in [1.54, 1.807) is 24.3 Å². The van der Waals surface area contributed by atoms with E-state index in [1.807, 2.05) is 0 Å². The molecule has 1 aliphatic rings. The van der Waals surface area contributed by atoms with Crippen molar-refractivity contribution in [1.82, 2.24) is 4.98 Å². The number of para-hydroxylation sites is 1. The van der Waals surface area contributed by atoms with Gasteiger partial charge in [-0.2, -0.15) is 13.2 Å². The third kappa shape index (κ3) is 3.86. The van der Waals surface area contributed by atoms with Gasteiger partial charge in [0.05, 0.1) is 22.0 Å². The number of anilines is 2. The van der Waals surface area contributed by atoms with Crippen molar-refractivity contribution in [3.63, 3.8) is 0 Å². The quantitative estimate of drug-likeness (QED) is 0.467. The molecule has 0 aliphatic heterocycles. The van der Waals surface area contributed by atoms with Gasteiger partial charge in [-0.15, -0.1) is 11.3 Å². The number of fused-ring (bicyclic) bond motifs is 2. The Balaban J connectivity index is 1.87. The summed E-state index contributed by atoms with van der Waals surface area (Å²) in [6, 6.07) is 6.61. The van der Waals surface area contributed by atoms with Crippen LogP contribution in [0.2, 0.25) is 5.02 Å². The molecule has 0 saturated heterocycles. The van der Waals surface area contributed by atoms with Crippen LogP contribution in [0.5, 0.6) is 0 Å². The van der Waals surface area contributed by atoms with Crippen LogP contribution in [0.3, 0.4) is 0 Å². The molecular formula is C21H19ClF3N3OS. The van der Waals surface area contributed by atoms with E-state index in [-0.39, 0.29) is 26.3 Å². The number of carbonyl (C=O) groups is 1. The zero-order valence-corrected chi connectivity index (χ0v) is 17.5.